The van der Waals surface area contributed by atoms with E-state index in [1.807, 2.05) is 18.2 Å². The van der Waals surface area contributed by atoms with Crippen LogP contribution in [0.5, 0.6) is 0 Å². The normalized spacial score (nSPS) is 13.9. The molecule has 0 unspecified atom stereocenters. The van der Waals surface area contributed by atoms with Crippen molar-refractivity contribution in [2.45, 2.75) is 12.8 Å². The summed E-state index contributed by atoms with van der Waals surface area (Å²) in [5.74, 6) is 0.0487. The van der Waals surface area contributed by atoms with E-state index in [9.17, 15) is 9.59 Å². The van der Waals surface area contributed by atoms with Gasteiger partial charge in [-0.1, -0.05) is 6.07 Å². The maximum atomic E-state index is 11.3. The van der Waals surface area contributed by atoms with Crippen molar-refractivity contribution in [1.82, 2.24) is 9.97 Å². The lowest BCUT2D eigenvalue weighted by atomic mass is 9.99. The molecule has 0 atom stereocenters. The van der Waals surface area contributed by atoms with E-state index in [4.69, 9.17) is 0 Å². The van der Waals surface area contributed by atoms with Crippen LogP contribution < -0.4 is 11.0 Å². The number of hydrogen-bond acceptors (Lipinski definition) is 3. The van der Waals surface area contributed by atoms with Crippen molar-refractivity contribution in [2.75, 3.05) is 5.32 Å². The van der Waals surface area contributed by atoms with Crippen molar-refractivity contribution in [2.24, 2.45) is 0 Å². The number of rotatable bonds is 1. The molecule has 0 aliphatic carbocycles. The molecule has 0 saturated heterocycles. The van der Waals surface area contributed by atoms with Crippen molar-refractivity contribution in [3.8, 4) is 11.3 Å². The highest BCUT2D eigenvalue weighted by atomic mass is 16.1. The summed E-state index contributed by atoms with van der Waals surface area (Å²) in [4.78, 5) is 28.7. The molecule has 2 heterocycles. The highest BCUT2D eigenvalue weighted by Crippen LogP contribution is 2.27. The Labute approximate surface area is 103 Å². The zero-order chi connectivity index (χ0) is 12.5. The first kappa shape index (κ1) is 10.7. The number of nitrogens with one attached hydrogen (secondary N) is 2. The predicted octanol–water partition coefficient (Wildman–Crippen LogP) is 1.32. The van der Waals surface area contributed by atoms with E-state index in [0.29, 0.717) is 6.42 Å². The monoisotopic (exact) mass is 241 g/mol. The molecule has 18 heavy (non-hydrogen) atoms. The molecule has 0 spiro atoms. The standard InChI is InChI=1S/C13H11N3O2/c17-12-4-2-9-7-8(1-3-10(9)15-12)11-5-6-14-13(18)16-11/h1,3,5-7H,2,4H2,(H,15,17)(H,14,16,18). The van der Waals surface area contributed by atoms with Crippen LogP contribution >= 0.6 is 0 Å². The van der Waals surface area contributed by atoms with Gasteiger partial charge >= 0.3 is 5.69 Å². The maximum Gasteiger partial charge on any atom is 0.345 e. The van der Waals surface area contributed by atoms with Crippen LogP contribution in [0.1, 0.15) is 12.0 Å². The Hall–Kier alpha value is -2.43. The highest BCUT2D eigenvalue weighted by Gasteiger charge is 2.15. The topological polar surface area (TPSA) is 74.8 Å². The Morgan fingerprint density at radius 2 is 2.00 bits per heavy atom. The molecule has 1 aromatic heterocycles. The summed E-state index contributed by atoms with van der Waals surface area (Å²) in [6.45, 7) is 0. The highest BCUT2D eigenvalue weighted by molar-refractivity contribution is 5.94. The molecule has 90 valence electrons. The van der Waals surface area contributed by atoms with Gasteiger partial charge in [-0.2, -0.15) is 0 Å². The number of carbonyl (C=O) groups excluding carboxylic acids is 1. The van der Waals surface area contributed by atoms with E-state index in [-0.39, 0.29) is 11.6 Å². The zero-order valence-electron chi connectivity index (χ0n) is 9.56. The fourth-order valence-corrected chi connectivity index (χ4v) is 2.09. The van der Waals surface area contributed by atoms with Crippen molar-refractivity contribution >= 4 is 11.6 Å². The Balaban J connectivity index is 2.05. The van der Waals surface area contributed by atoms with Gasteiger partial charge in [0.25, 0.3) is 0 Å². The van der Waals surface area contributed by atoms with Crippen LogP contribution in [-0.2, 0) is 11.2 Å². The number of amides is 1. The second kappa shape index (κ2) is 4.10. The molecule has 0 saturated carbocycles. The quantitative estimate of drug-likeness (QED) is 0.790. The van der Waals surface area contributed by atoms with Crippen molar-refractivity contribution in [3.05, 3.63) is 46.5 Å². The lowest BCUT2D eigenvalue weighted by Gasteiger charge is -2.17. The predicted molar refractivity (Wildman–Crippen MR) is 67.2 cm³/mol. The van der Waals surface area contributed by atoms with E-state index in [0.717, 1.165) is 28.9 Å². The zero-order valence-corrected chi connectivity index (χ0v) is 9.56. The molecule has 1 aliphatic rings. The van der Waals surface area contributed by atoms with Crippen LogP contribution in [0.15, 0.2) is 35.3 Å². The lowest BCUT2D eigenvalue weighted by Crippen LogP contribution is -2.18. The van der Waals surface area contributed by atoms with Gasteiger partial charge in [0.05, 0.1) is 5.69 Å². The number of fused-ring (bicyclic) bond motifs is 1. The molecule has 0 fully saturated rings. The molecule has 5 heteroatoms. The summed E-state index contributed by atoms with van der Waals surface area (Å²) in [5, 5.41) is 2.83. The summed E-state index contributed by atoms with van der Waals surface area (Å²) in [5.41, 5.74) is 3.23. The first-order chi connectivity index (χ1) is 8.72. The number of carbonyl (C=O) groups is 1. The van der Waals surface area contributed by atoms with Crippen LogP contribution in [0, 0.1) is 0 Å². The molecule has 2 aromatic rings. The first-order valence-electron chi connectivity index (χ1n) is 5.71. The van der Waals surface area contributed by atoms with Crippen molar-refractivity contribution in [3.63, 3.8) is 0 Å². The van der Waals surface area contributed by atoms with Gasteiger partial charge in [-0.05, 0) is 35.7 Å². The smallest absolute Gasteiger partial charge is 0.326 e. The Morgan fingerprint density at radius 1 is 1.11 bits per heavy atom. The average Bonchev–Trinajstić information content (AvgIpc) is 2.38. The van der Waals surface area contributed by atoms with E-state index in [1.54, 1.807) is 6.07 Å². The number of nitrogens with zero attached hydrogens (tertiary/aromatic N) is 1. The molecule has 1 amide bonds. The van der Waals surface area contributed by atoms with E-state index in [2.05, 4.69) is 15.3 Å². The lowest BCUT2D eigenvalue weighted by molar-refractivity contribution is -0.116. The molecule has 1 aliphatic heterocycles. The molecular formula is C13H11N3O2. The van der Waals surface area contributed by atoms with Gasteiger partial charge in [0, 0.05) is 18.3 Å². The van der Waals surface area contributed by atoms with Crippen molar-refractivity contribution in [1.29, 1.82) is 0 Å². The van der Waals surface area contributed by atoms with Gasteiger partial charge in [-0.3, -0.25) is 4.79 Å². The number of anilines is 1. The van der Waals surface area contributed by atoms with Gasteiger partial charge in [-0.25, -0.2) is 9.78 Å². The molecule has 2 N–H and O–H groups in total. The van der Waals surface area contributed by atoms with Gasteiger partial charge in [0.1, 0.15) is 0 Å². The number of benzene rings is 1. The fourth-order valence-electron chi connectivity index (χ4n) is 2.09. The third-order valence-corrected chi connectivity index (χ3v) is 2.99. The molecular weight excluding hydrogens is 230 g/mol. The first-order valence-corrected chi connectivity index (χ1v) is 5.71. The Kier molecular flexibility index (Phi) is 2.44. The molecule has 1 aromatic carbocycles. The van der Waals surface area contributed by atoms with Gasteiger partial charge < -0.3 is 10.3 Å². The summed E-state index contributed by atoms with van der Waals surface area (Å²) < 4.78 is 0. The van der Waals surface area contributed by atoms with Gasteiger partial charge in [0.15, 0.2) is 0 Å². The number of aryl methyl sites for hydroxylation is 1. The molecule has 0 bridgehead atoms. The third-order valence-electron chi connectivity index (χ3n) is 2.99. The molecule has 5 nitrogen and oxygen atoms in total. The van der Waals surface area contributed by atoms with Crippen LogP contribution in [0.2, 0.25) is 0 Å². The van der Waals surface area contributed by atoms with Crippen LogP contribution in [0.25, 0.3) is 11.3 Å². The number of aromatic nitrogens is 2. The number of H-pyrrole nitrogens is 1. The molecule has 3 rings (SSSR count). The van der Waals surface area contributed by atoms with Crippen LogP contribution in [-0.4, -0.2) is 15.9 Å². The fraction of sp³-hybridized carbons (Fsp3) is 0.154. The molecule has 0 radical (unpaired) electrons. The largest absolute Gasteiger partial charge is 0.345 e. The summed E-state index contributed by atoms with van der Waals surface area (Å²) >= 11 is 0. The van der Waals surface area contributed by atoms with Gasteiger partial charge in [0.2, 0.25) is 5.91 Å². The summed E-state index contributed by atoms with van der Waals surface area (Å²) in [6, 6.07) is 7.47. The van der Waals surface area contributed by atoms with Crippen molar-refractivity contribution < 1.29 is 4.79 Å². The minimum absolute atomic E-state index is 0.0487. The van der Waals surface area contributed by atoms with E-state index >= 15 is 0 Å². The minimum Gasteiger partial charge on any atom is -0.326 e. The minimum atomic E-state index is -0.362. The number of aromatic amines is 1. The summed E-state index contributed by atoms with van der Waals surface area (Å²) in [7, 11) is 0. The average molecular weight is 241 g/mol. The maximum absolute atomic E-state index is 11.3. The van der Waals surface area contributed by atoms with E-state index < -0.39 is 0 Å². The van der Waals surface area contributed by atoms with Crippen LogP contribution in [0.4, 0.5) is 5.69 Å². The third kappa shape index (κ3) is 1.90. The van der Waals surface area contributed by atoms with Gasteiger partial charge in [-0.15, -0.1) is 0 Å². The van der Waals surface area contributed by atoms with E-state index in [1.165, 1.54) is 6.20 Å². The second-order valence-corrected chi connectivity index (χ2v) is 4.21. The second-order valence-electron chi connectivity index (χ2n) is 4.21. The van der Waals surface area contributed by atoms with Crippen LogP contribution in [0.3, 0.4) is 0 Å². The number of hydrogen-bond donors (Lipinski definition) is 2. The Morgan fingerprint density at radius 3 is 2.83 bits per heavy atom. The Bertz CT molecular complexity index is 676. The summed E-state index contributed by atoms with van der Waals surface area (Å²) in [6.07, 6.45) is 2.71. The SMILES string of the molecule is O=C1CCc2cc(-c3ccnc(=O)[nH]3)ccc2N1.